The second-order valence-electron chi connectivity index (χ2n) is 9.52. The van der Waals surface area contributed by atoms with Gasteiger partial charge in [-0.25, -0.2) is 0 Å². The van der Waals surface area contributed by atoms with Crippen LogP contribution in [0.1, 0.15) is 49.7 Å². The first kappa shape index (κ1) is 23.3. The Hall–Kier alpha value is -3.45. The zero-order chi connectivity index (χ0) is 24.2. The van der Waals surface area contributed by atoms with Crippen molar-refractivity contribution >= 4 is 41.2 Å². The van der Waals surface area contributed by atoms with E-state index in [1.165, 1.54) is 0 Å². The molecule has 7 heteroatoms. The molecule has 2 atom stereocenters. The van der Waals surface area contributed by atoms with Crippen molar-refractivity contribution in [3.05, 3.63) is 59.7 Å². The Balaban J connectivity index is 1.14. The molecule has 0 unspecified atom stereocenters. The molecular weight excluding hydrogens is 442 g/mol. The minimum Gasteiger partial charge on any atom is -0.368 e. The number of anilines is 2. The molecule has 3 aliphatic rings. The molecule has 2 N–H and O–H groups in total. The first-order chi connectivity index (χ1) is 17.1. The largest absolute Gasteiger partial charge is 0.368 e. The normalized spacial score (nSPS) is 21.9. The van der Waals surface area contributed by atoms with E-state index in [-0.39, 0.29) is 23.6 Å². The highest BCUT2D eigenvalue weighted by molar-refractivity contribution is 5.98. The maximum atomic E-state index is 12.9. The summed E-state index contributed by atoms with van der Waals surface area (Å²) in [6.45, 7) is 1.22. The molecule has 3 amide bonds. The molecule has 0 spiro atoms. The minimum atomic E-state index is -0.441. The van der Waals surface area contributed by atoms with Crippen LogP contribution in [0.3, 0.4) is 0 Å². The van der Waals surface area contributed by atoms with Crippen LogP contribution in [0.4, 0.5) is 11.4 Å². The van der Waals surface area contributed by atoms with Crippen LogP contribution in [0.5, 0.6) is 0 Å². The van der Waals surface area contributed by atoms with E-state index in [1.807, 2.05) is 60.7 Å². The van der Waals surface area contributed by atoms with Crippen LogP contribution in [0.25, 0.3) is 12.2 Å². The first-order valence-corrected chi connectivity index (χ1v) is 12.5. The molecule has 2 aromatic carbocycles. The fourth-order valence-corrected chi connectivity index (χ4v) is 4.62. The summed E-state index contributed by atoms with van der Waals surface area (Å²) in [6.07, 6.45) is 8.73. The van der Waals surface area contributed by atoms with Crippen molar-refractivity contribution in [3.8, 4) is 0 Å². The summed E-state index contributed by atoms with van der Waals surface area (Å²) < 4.78 is 5.53. The summed E-state index contributed by atoms with van der Waals surface area (Å²) >= 11 is 0. The molecule has 7 nitrogen and oxygen atoms in total. The summed E-state index contributed by atoms with van der Waals surface area (Å²) in [4.78, 5) is 39.2. The Morgan fingerprint density at radius 1 is 0.771 bits per heavy atom. The Labute approximate surface area is 205 Å². The van der Waals surface area contributed by atoms with Gasteiger partial charge in [0.1, 0.15) is 12.1 Å². The highest BCUT2D eigenvalue weighted by Crippen LogP contribution is 2.30. The van der Waals surface area contributed by atoms with E-state index < -0.39 is 12.1 Å². The van der Waals surface area contributed by atoms with E-state index in [9.17, 15) is 14.4 Å². The second-order valence-corrected chi connectivity index (χ2v) is 9.52. The number of nitrogens with zero attached hydrogens (tertiary/aromatic N) is 1. The molecule has 2 heterocycles. The summed E-state index contributed by atoms with van der Waals surface area (Å²) in [5, 5.41) is 5.91. The Morgan fingerprint density at radius 2 is 1.37 bits per heavy atom. The van der Waals surface area contributed by atoms with Gasteiger partial charge in [-0.05, 0) is 73.9 Å². The molecule has 2 aliphatic heterocycles. The number of carbonyl (C=O) groups is 3. The number of nitrogens with one attached hydrogen (secondary N) is 2. The fourth-order valence-electron chi connectivity index (χ4n) is 4.62. The van der Waals surface area contributed by atoms with Gasteiger partial charge in [0.15, 0.2) is 0 Å². The quantitative estimate of drug-likeness (QED) is 0.587. The smallest absolute Gasteiger partial charge is 0.252 e. The van der Waals surface area contributed by atoms with E-state index in [0.717, 1.165) is 48.9 Å². The fraction of sp³-hybridized carbons (Fsp3) is 0.393. The molecule has 1 aliphatic carbocycles. The van der Waals surface area contributed by atoms with Crippen molar-refractivity contribution in [2.24, 2.45) is 5.92 Å². The molecule has 3 fully saturated rings. The predicted molar refractivity (Wildman–Crippen MR) is 136 cm³/mol. The zero-order valence-corrected chi connectivity index (χ0v) is 19.7. The van der Waals surface area contributed by atoms with Crippen molar-refractivity contribution in [3.63, 3.8) is 0 Å². The zero-order valence-electron chi connectivity index (χ0n) is 19.7. The molecule has 0 bridgehead atoms. The number of ether oxygens (including phenoxy) is 1. The van der Waals surface area contributed by atoms with Gasteiger partial charge in [0, 0.05) is 30.4 Å². The van der Waals surface area contributed by atoms with Crippen LogP contribution in [0.2, 0.25) is 0 Å². The van der Waals surface area contributed by atoms with E-state index in [4.69, 9.17) is 4.74 Å². The van der Waals surface area contributed by atoms with Crippen molar-refractivity contribution in [1.82, 2.24) is 4.90 Å². The number of amides is 3. The number of hydrogen-bond acceptors (Lipinski definition) is 4. The van der Waals surface area contributed by atoms with E-state index in [0.29, 0.717) is 25.3 Å². The first-order valence-electron chi connectivity index (χ1n) is 12.5. The van der Waals surface area contributed by atoms with Gasteiger partial charge in [0.25, 0.3) is 5.91 Å². The topological polar surface area (TPSA) is 87.7 Å². The molecule has 1 saturated carbocycles. The van der Waals surface area contributed by atoms with Crippen LogP contribution >= 0.6 is 0 Å². The van der Waals surface area contributed by atoms with E-state index in [2.05, 4.69) is 10.6 Å². The molecule has 2 saturated heterocycles. The van der Waals surface area contributed by atoms with Gasteiger partial charge in [-0.1, -0.05) is 36.4 Å². The summed E-state index contributed by atoms with van der Waals surface area (Å²) in [7, 11) is 0. The van der Waals surface area contributed by atoms with Crippen molar-refractivity contribution in [2.45, 2.75) is 50.7 Å². The molecule has 5 rings (SSSR count). The average molecular weight is 474 g/mol. The van der Waals surface area contributed by atoms with Crippen LogP contribution in [0.15, 0.2) is 48.5 Å². The monoisotopic (exact) mass is 473 g/mol. The van der Waals surface area contributed by atoms with Gasteiger partial charge in [-0.15, -0.1) is 0 Å². The predicted octanol–water partition coefficient (Wildman–Crippen LogP) is 4.31. The third-order valence-electron chi connectivity index (χ3n) is 6.82. The standard InChI is InChI=1S/C28H31N3O4/c32-26(21-11-12-21)29-22-13-7-19(8-14-22)5-6-20-9-15-23(16-10-20)30-27(33)24-3-1-17-31(24)28(34)25-4-2-18-35-25/h5-10,13-16,21,24-25H,1-4,11-12,17-18H2,(H,29,32)(H,30,33)/b6-5+/t24-,25+/m0/s1. The number of benzene rings is 2. The lowest BCUT2D eigenvalue weighted by molar-refractivity contribution is -0.144. The van der Waals surface area contributed by atoms with Crippen LogP contribution in [0, 0.1) is 5.92 Å². The van der Waals surface area contributed by atoms with Crippen molar-refractivity contribution < 1.29 is 19.1 Å². The summed E-state index contributed by atoms with van der Waals surface area (Å²) in [5.41, 5.74) is 3.56. The lowest BCUT2D eigenvalue weighted by atomic mass is 10.1. The van der Waals surface area contributed by atoms with E-state index >= 15 is 0 Å². The number of likely N-dealkylation sites (tertiary alicyclic amines) is 1. The lowest BCUT2D eigenvalue weighted by Crippen LogP contribution is -2.47. The Kier molecular flexibility index (Phi) is 6.95. The average Bonchev–Trinajstić information content (AvgIpc) is 3.37. The maximum Gasteiger partial charge on any atom is 0.252 e. The molecule has 182 valence electrons. The highest BCUT2D eigenvalue weighted by atomic mass is 16.5. The van der Waals surface area contributed by atoms with Gasteiger partial charge in [0.2, 0.25) is 11.8 Å². The molecule has 0 radical (unpaired) electrons. The third kappa shape index (κ3) is 5.80. The maximum absolute atomic E-state index is 12.9. The molecular formula is C28H31N3O4. The van der Waals surface area contributed by atoms with Gasteiger partial charge >= 0.3 is 0 Å². The van der Waals surface area contributed by atoms with Gasteiger partial charge in [0.05, 0.1) is 0 Å². The summed E-state index contributed by atoms with van der Waals surface area (Å²) in [5.74, 6) is 0.0916. The second kappa shape index (κ2) is 10.4. The highest BCUT2D eigenvalue weighted by Gasteiger charge is 2.38. The Bertz CT molecular complexity index is 1100. The minimum absolute atomic E-state index is 0.0565. The lowest BCUT2D eigenvalue weighted by Gasteiger charge is -2.26. The van der Waals surface area contributed by atoms with Crippen LogP contribution < -0.4 is 10.6 Å². The van der Waals surface area contributed by atoms with Crippen molar-refractivity contribution in [1.29, 1.82) is 0 Å². The van der Waals surface area contributed by atoms with Gasteiger partial charge in [-0.3, -0.25) is 14.4 Å². The summed E-state index contributed by atoms with van der Waals surface area (Å²) in [6, 6.07) is 15.0. The van der Waals surface area contributed by atoms with E-state index in [1.54, 1.807) is 4.90 Å². The molecule has 0 aromatic heterocycles. The SMILES string of the molecule is O=C(Nc1ccc(/C=C/c2ccc(NC(=O)[C@@H]3CCCN3C(=O)[C@H]3CCCO3)cc2)cc1)C1CC1. The van der Waals surface area contributed by atoms with Crippen LogP contribution in [-0.4, -0.2) is 47.9 Å². The van der Waals surface area contributed by atoms with Crippen molar-refractivity contribution in [2.75, 3.05) is 23.8 Å². The molecule has 35 heavy (non-hydrogen) atoms. The Morgan fingerprint density at radius 3 is 1.91 bits per heavy atom. The molecule has 2 aromatic rings. The number of rotatable bonds is 7. The van der Waals surface area contributed by atoms with Gasteiger partial charge < -0.3 is 20.3 Å². The number of carbonyl (C=O) groups excluding carboxylic acids is 3. The van der Waals surface area contributed by atoms with Crippen LogP contribution in [-0.2, 0) is 19.1 Å². The third-order valence-corrected chi connectivity index (χ3v) is 6.82. The van der Waals surface area contributed by atoms with Gasteiger partial charge in [-0.2, -0.15) is 0 Å². The number of hydrogen-bond donors (Lipinski definition) is 2.